The number of methoxy groups -OCH3 is 1. The largest absolute Gasteiger partial charge is 0.465 e. The molecule has 0 unspecified atom stereocenters. The Kier molecular flexibility index (Phi) is 8.25. The van der Waals surface area contributed by atoms with Crippen LogP contribution in [0.25, 0.3) is 6.08 Å². The minimum atomic E-state index is -0.606. The lowest BCUT2D eigenvalue weighted by molar-refractivity contribution is -0.143. The summed E-state index contributed by atoms with van der Waals surface area (Å²) < 4.78 is 9.45. The lowest BCUT2D eigenvalue weighted by atomic mass is 10.1. The van der Waals surface area contributed by atoms with Gasteiger partial charge in [-0.3, -0.25) is 4.79 Å². The van der Waals surface area contributed by atoms with Crippen LogP contribution in [-0.4, -0.2) is 38.1 Å². The van der Waals surface area contributed by atoms with Crippen LogP contribution in [0.1, 0.15) is 36.2 Å². The highest BCUT2D eigenvalue weighted by Crippen LogP contribution is 2.07. The third kappa shape index (κ3) is 7.58. The second-order valence-electron chi connectivity index (χ2n) is 5.59. The van der Waals surface area contributed by atoms with E-state index in [1.54, 1.807) is 30.3 Å². The molecule has 0 fully saturated rings. The molecule has 0 bridgehead atoms. The van der Waals surface area contributed by atoms with Gasteiger partial charge >= 0.3 is 11.9 Å². The fraction of sp³-hybridized carbons (Fsp3) is 0.389. The molecule has 1 amide bonds. The Morgan fingerprint density at radius 2 is 1.83 bits per heavy atom. The third-order valence-electron chi connectivity index (χ3n) is 3.13. The van der Waals surface area contributed by atoms with Crippen LogP contribution in [-0.2, 0) is 19.1 Å². The smallest absolute Gasteiger partial charge is 0.337 e. The lowest BCUT2D eigenvalue weighted by Gasteiger charge is -2.07. The van der Waals surface area contributed by atoms with E-state index in [2.05, 4.69) is 23.9 Å². The van der Waals surface area contributed by atoms with Gasteiger partial charge in [0.15, 0.2) is 6.61 Å². The molecule has 0 aromatic heterocycles. The number of rotatable bonds is 8. The van der Waals surface area contributed by atoms with Crippen LogP contribution in [0.2, 0.25) is 0 Å². The van der Waals surface area contributed by atoms with Gasteiger partial charge in [0, 0.05) is 12.6 Å². The topological polar surface area (TPSA) is 81.7 Å². The minimum Gasteiger partial charge on any atom is -0.465 e. The minimum absolute atomic E-state index is 0.303. The first-order valence-corrected chi connectivity index (χ1v) is 7.72. The summed E-state index contributed by atoms with van der Waals surface area (Å²) in [5, 5.41) is 2.68. The highest BCUT2D eigenvalue weighted by atomic mass is 16.5. The van der Waals surface area contributed by atoms with Gasteiger partial charge in [0.25, 0.3) is 5.91 Å². The van der Waals surface area contributed by atoms with Crippen LogP contribution >= 0.6 is 0 Å². The number of benzene rings is 1. The van der Waals surface area contributed by atoms with Gasteiger partial charge in [0.2, 0.25) is 0 Å². The van der Waals surface area contributed by atoms with Crippen molar-refractivity contribution in [1.82, 2.24) is 5.32 Å². The van der Waals surface area contributed by atoms with E-state index in [0.717, 1.165) is 12.0 Å². The summed E-state index contributed by atoms with van der Waals surface area (Å²) in [5.41, 5.74) is 1.15. The first kappa shape index (κ1) is 19.4. The second kappa shape index (κ2) is 10.2. The number of carbonyl (C=O) groups is 3. The Balaban J connectivity index is 2.37. The molecular weight excluding hydrogens is 310 g/mol. The molecule has 6 heteroatoms. The molecule has 1 rings (SSSR count). The fourth-order valence-corrected chi connectivity index (χ4v) is 1.75. The molecule has 0 saturated heterocycles. The van der Waals surface area contributed by atoms with Crippen LogP contribution in [0.15, 0.2) is 30.3 Å². The molecule has 0 aliphatic heterocycles. The summed E-state index contributed by atoms with van der Waals surface area (Å²) in [5.74, 6) is -0.847. The van der Waals surface area contributed by atoms with Crippen LogP contribution in [0.5, 0.6) is 0 Å². The quantitative estimate of drug-likeness (QED) is 0.582. The van der Waals surface area contributed by atoms with Gasteiger partial charge < -0.3 is 14.8 Å². The second-order valence-corrected chi connectivity index (χ2v) is 5.59. The summed E-state index contributed by atoms with van der Waals surface area (Å²) >= 11 is 0. The summed E-state index contributed by atoms with van der Waals surface area (Å²) in [6.07, 6.45) is 3.65. The van der Waals surface area contributed by atoms with Gasteiger partial charge in [0.05, 0.1) is 12.7 Å². The Bertz CT molecular complexity index is 590. The molecule has 1 aromatic carbocycles. The number of hydrogen-bond donors (Lipinski definition) is 1. The van der Waals surface area contributed by atoms with Crippen molar-refractivity contribution < 1.29 is 23.9 Å². The van der Waals surface area contributed by atoms with Crippen LogP contribution in [0, 0.1) is 5.92 Å². The van der Waals surface area contributed by atoms with E-state index >= 15 is 0 Å². The molecule has 1 N–H and O–H groups in total. The Morgan fingerprint density at radius 1 is 1.17 bits per heavy atom. The zero-order valence-corrected chi connectivity index (χ0v) is 14.2. The number of ether oxygens (including phenoxy) is 2. The summed E-state index contributed by atoms with van der Waals surface area (Å²) in [6, 6.07) is 6.54. The van der Waals surface area contributed by atoms with E-state index < -0.39 is 11.9 Å². The fourth-order valence-electron chi connectivity index (χ4n) is 1.75. The molecule has 6 nitrogen and oxygen atoms in total. The van der Waals surface area contributed by atoms with E-state index in [4.69, 9.17) is 4.74 Å². The highest BCUT2D eigenvalue weighted by Gasteiger charge is 2.06. The van der Waals surface area contributed by atoms with E-state index in [9.17, 15) is 14.4 Å². The van der Waals surface area contributed by atoms with Crippen molar-refractivity contribution in [3.8, 4) is 0 Å². The first-order valence-electron chi connectivity index (χ1n) is 7.72. The molecule has 0 saturated carbocycles. The van der Waals surface area contributed by atoms with Crippen LogP contribution in [0.4, 0.5) is 0 Å². The molecule has 0 atom stereocenters. The Hall–Kier alpha value is -2.63. The average Bonchev–Trinajstić information content (AvgIpc) is 2.57. The third-order valence-corrected chi connectivity index (χ3v) is 3.13. The number of nitrogens with one attached hydrogen (secondary N) is 1. The lowest BCUT2D eigenvalue weighted by Crippen LogP contribution is -2.29. The van der Waals surface area contributed by atoms with Gasteiger partial charge in [0.1, 0.15) is 0 Å². The van der Waals surface area contributed by atoms with Crippen molar-refractivity contribution in [3.05, 3.63) is 41.5 Å². The summed E-state index contributed by atoms with van der Waals surface area (Å²) in [7, 11) is 1.31. The number of esters is 2. The van der Waals surface area contributed by atoms with E-state index in [1.807, 2.05) is 0 Å². The highest BCUT2D eigenvalue weighted by molar-refractivity contribution is 5.91. The van der Waals surface area contributed by atoms with Crippen molar-refractivity contribution in [2.45, 2.75) is 20.3 Å². The van der Waals surface area contributed by atoms with Gasteiger partial charge in [-0.1, -0.05) is 26.0 Å². The molecule has 0 spiro atoms. The number of carbonyl (C=O) groups excluding carboxylic acids is 3. The number of amides is 1. The predicted molar refractivity (Wildman–Crippen MR) is 90.2 cm³/mol. The van der Waals surface area contributed by atoms with Gasteiger partial charge in [-0.2, -0.15) is 0 Å². The molecule has 130 valence electrons. The zero-order chi connectivity index (χ0) is 17.9. The van der Waals surface area contributed by atoms with Crippen molar-refractivity contribution >= 4 is 23.9 Å². The van der Waals surface area contributed by atoms with E-state index in [-0.39, 0.29) is 12.5 Å². The van der Waals surface area contributed by atoms with Gasteiger partial charge in [-0.05, 0) is 36.1 Å². The van der Waals surface area contributed by atoms with Crippen molar-refractivity contribution in [2.75, 3.05) is 20.3 Å². The van der Waals surface area contributed by atoms with Crippen molar-refractivity contribution in [1.29, 1.82) is 0 Å². The van der Waals surface area contributed by atoms with Gasteiger partial charge in [-0.15, -0.1) is 0 Å². The van der Waals surface area contributed by atoms with Crippen molar-refractivity contribution in [3.63, 3.8) is 0 Å². The predicted octanol–water partition coefficient (Wildman–Crippen LogP) is 2.19. The summed E-state index contributed by atoms with van der Waals surface area (Å²) in [4.78, 5) is 34.3. The molecule has 0 aliphatic rings. The van der Waals surface area contributed by atoms with Crippen LogP contribution < -0.4 is 5.32 Å². The maximum Gasteiger partial charge on any atom is 0.337 e. The maximum absolute atomic E-state index is 11.6. The standard InChI is InChI=1S/C18H23NO5/c1-13(2)10-11-19-16(20)12-24-17(21)9-6-14-4-7-15(8-5-14)18(22)23-3/h4-9,13H,10-12H2,1-3H3,(H,19,20)/b9-6+. The van der Waals surface area contributed by atoms with Crippen molar-refractivity contribution in [2.24, 2.45) is 5.92 Å². The summed E-state index contributed by atoms with van der Waals surface area (Å²) in [6.45, 7) is 4.39. The molecule has 0 aliphatic carbocycles. The Labute approximate surface area is 141 Å². The molecule has 0 radical (unpaired) electrons. The number of hydrogen-bond acceptors (Lipinski definition) is 5. The molecule has 1 aromatic rings. The molecular formula is C18H23NO5. The average molecular weight is 333 g/mol. The van der Waals surface area contributed by atoms with E-state index in [0.29, 0.717) is 18.0 Å². The monoisotopic (exact) mass is 333 g/mol. The zero-order valence-electron chi connectivity index (χ0n) is 14.2. The maximum atomic E-state index is 11.6. The SMILES string of the molecule is COC(=O)c1ccc(/C=C/C(=O)OCC(=O)NCCC(C)C)cc1. The first-order chi connectivity index (χ1) is 11.4. The molecule has 0 heterocycles. The van der Waals surface area contributed by atoms with E-state index in [1.165, 1.54) is 13.2 Å². The normalized spacial score (nSPS) is 10.7. The Morgan fingerprint density at radius 3 is 2.42 bits per heavy atom. The molecule has 24 heavy (non-hydrogen) atoms. The van der Waals surface area contributed by atoms with Gasteiger partial charge in [-0.25, -0.2) is 9.59 Å². The van der Waals surface area contributed by atoms with Crippen LogP contribution in [0.3, 0.4) is 0 Å².